The number of nitrogens with one attached hydrogen (secondary N) is 2. The van der Waals surface area contributed by atoms with Crippen LogP contribution in [0.5, 0.6) is 0 Å². The molecule has 1 saturated carbocycles. The Kier molecular flexibility index (Phi) is 10.8. The molecule has 0 radical (unpaired) electrons. The van der Waals surface area contributed by atoms with E-state index in [1.54, 1.807) is 0 Å². The van der Waals surface area contributed by atoms with Gasteiger partial charge >= 0.3 is 0 Å². The molecule has 4 nitrogen and oxygen atoms in total. The van der Waals surface area contributed by atoms with Gasteiger partial charge in [0.05, 0.1) is 0 Å². The summed E-state index contributed by atoms with van der Waals surface area (Å²) in [5.74, 6) is 0.486. The molecule has 1 aliphatic carbocycles. The van der Waals surface area contributed by atoms with E-state index in [4.69, 9.17) is 0 Å². The Morgan fingerprint density at radius 1 is 0.864 bits per heavy atom. The molecule has 0 atom stereocenters. The van der Waals surface area contributed by atoms with E-state index in [-0.39, 0.29) is 17.7 Å². The minimum Gasteiger partial charge on any atom is -0.354 e. The molecule has 0 spiro atoms. The second-order valence-corrected chi connectivity index (χ2v) is 6.49. The Bertz CT molecular complexity index is 312. The second kappa shape index (κ2) is 12.5. The lowest BCUT2D eigenvalue weighted by Gasteiger charge is -2.20. The van der Waals surface area contributed by atoms with Crippen molar-refractivity contribution in [1.82, 2.24) is 10.6 Å². The third-order valence-corrected chi connectivity index (χ3v) is 4.48. The van der Waals surface area contributed by atoms with Crippen molar-refractivity contribution in [3.05, 3.63) is 0 Å². The lowest BCUT2D eigenvalue weighted by molar-refractivity contribution is -0.126. The highest BCUT2D eigenvalue weighted by atomic mass is 16.2. The molecule has 4 heteroatoms. The van der Waals surface area contributed by atoms with Crippen LogP contribution < -0.4 is 10.6 Å². The van der Waals surface area contributed by atoms with Crippen molar-refractivity contribution < 1.29 is 9.59 Å². The van der Waals surface area contributed by atoms with Crippen LogP contribution in [-0.4, -0.2) is 24.9 Å². The van der Waals surface area contributed by atoms with Crippen LogP contribution in [0.15, 0.2) is 0 Å². The van der Waals surface area contributed by atoms with Crippen molar-refractivity contribution in [3.8, 4) is 0 Å². The van der Waals surface area contributed by atoms with E-state index in [1.807, 2.05) is 0 Å². The van der Waals surface area contributed by atoms with Gasteiger partial charge in [-0.2, -0.15) is 0 Å². The maximum atomic E-state index is 11.9. The molecule has 2 N–H and O–H groups in total. The summed E-state index contributed by atoms with van der Waals surface area (Å²) >= 11 is 0. The van der Waals surface area contributed by atoms with Gasteiger partial charge in [0.2, 0.25) is 11.8 Å². The lowest BCUT2D eigenvalue weighted by atomic mass is 9.89. The maximum Gasteiger partial charge on any atom is 0.223 e. The minimum atomic E-state index is 0.113. The van der Waals surface area contributed by atoms with Crippen LogP contribution in [0.2, 0.25) is 0 Å². The van der Waals surface area contributed by atoms with Gasteiger partial charge in [0, 0.05) is 25.4 Å². The normalized spacial score (nSPS) is 15.5. The van der Waals surface area contributed by atoms with Crippen molar-refractivity contribution in [2.45, 2.75) is 84.0 Å². The van der Waals surface area contributed by atoms with Crippen LogP contribution in [0.3, 0.4) is 0 Å². The van der Waals surface area contributed by atoms with Crippen molar-refractivity contribution in [3.63, 3.8) is 0 Å². The van der Waals surface area contributed by atoms with Crippen LogP contribution in [0.1, 0.15) is 84.0 Å². The first-order valence-electron chi connectivity index (χ1n) is 9.28. The predicted octanol–water partition coefficient (Wildman–Crippen LogP) is 3.55. The maximum absolute atomic E-state index is 11.9. The first kappa shape index (κ1) is 19.0. The molecule has 0 aromatic heterocycles. The van der Waals surface area contributed by atoms with Gasteiger partial charge in [-0.1, -0.05) is 58.3 Å². The van der Waals surface area contributed by atoms with Crippen LogP contribution >= 0.6 is 0 Å². The molecule has 0 bridgehead atoms. The first-order valence-corrected chi connectivity index (χ1v) is 9.28. The fraction of sp³-hybridized carbons (Fsp3) is 0.889. The third-order valence-electron chi connectivity index (χ3n) is 4.48. The van der Waals surface area contributed by atoms with Gasteiger partial charge in [-0.15, -0.1) is 0 Å². The van der Waals surface area contributed by atoms with Crippen LogP contribution in [0.25, 0.3) is 0 Å². The molecule has 128 valence electrons. The summed E-state index contributed by atoms with van der Waals surface area (Å²) in [5, 5.41) is 5.83. The van der Waals surface area contributed by atoms with Gasteiger partial charge in [0.25, 0.3) is 0 Å². The molecule has 0 heterocycles. The molecule has 22 heavy (non-hydrogen) atoms. The SMILES string of the molecule is CCCCCCCCC(=O)NCCNC(=O)C1CCCCC1. The smallest absolute Gasteiger partial charge is 0.223 e. The van der Waals surface area contributed by atoms with E-state index >= 15 is 0 Å². The monoisotopic (exact) mass is 310 g/mol. The van der Waals surface area contributed by atoms with Crippen LogP contribution in [0.4, 0.5) is 0 Å². The standard InChI is InChI=1S/C18H34N2O2/c1-2-3-4-5-6-10-13-17(21)19-14-15-20-18(22)16-11-8-7-9-12-16/h16H,2-15H2,1H3,(H,19,21)(H,20,22). The van der Waals surface area contributed by atoms with Crippen molar-refractivity contribution in [1.29, 1.82) is 0 Å². The van der Waals surface area contributed by atoms with Gasteiger partial charge in [-0.05, 0) is 19.3 Å². The molecular formula is C18H34N2O2. The van der Waals surface area contributed by atoms with Crippen molar-refractivity contribution in [2.75, 3.05) is 13.1 Å². The zero-order valence-corrected chi connectivity index (χ0v) is 14.3. The van der Waals surface area contributed by atoms with E-state index in [9.17, 15) is 9.59 Å². The number of hydrogen-bond acceptors (Lipinski definition) is 2. The van der Waals surface area contributed by atoms with E-state index in [0.717, 1.165) is 25.7 Å². The topological polar surface area (TPSA) is 58.2 Å². The van der Waals surface area contributed by atoms with E-state index in [1.165, 1.54) is 44.9 Å². The number of hydrogen-bond donors (Lipinski definition) is 2. The highest BCUT2D eigenvalue weighted by Gasteiger charge is 2.20. The largest absolute Gasteiger partial charge is 0.354 e. The van der Waals surface area contributed by atoms with Gasteiger partial charge in [0.15, 0.2) is 0 Å². The Hall–Kier alpha value is -1.06. The molecule has 0 aromatic carbocycles. The number of carbonyl (C=O) groups is 2. The quantitative estimate of drug-likeness (QED) is 0.573. The van der Waals surface area contributed by atoms with E-state index in [2.05, 4.69) is 17.6 Å². The minimum absolute atomic E-state index is 0.113. The zero-order valence-electron chi connectivity index (χ0n) is 14.3. The number of unbranched alkanes of at least 4 members (excludes halogenated alkanes) is 5. The molecule has 1 aliphatic rings. The van der Waals surface area contributed by atoms with Gasteiger partial charge in [0.1, 0.15) is 0 Å². The Morgan fingerprint density at radius 3 is 2.23 bits per heavy atom. The zero-order chi connectivity index (χ0) is 16.0. The molecule has 1 fully saturated rings. The average molecular weight is 310 g/mol. The molecule has 2 amide bonds. The molecule has 0 unspecified atom stereocenters. The average Bonchev–Trinajstić information content (AvgIpc) is 2.55. The summed E-state index contributed by atoms with van der Waals surface area (Å²) < 4.78 is 0. The van der Waals surface area contributed by atoms with Gasteiger partial charge in [-0.25, -0.2) is 0 Å². The van der Waals surface area contributed by atoms with Crippen LogP contribution in [0, 0.1) is 5.92 Å². The van der Waals surface area contributed by atoms with Gasteiger partial charge < -0.3 is 10.6 Å². The molecule has 0 saturated heterocycles. The molecule has 1 rings (SSSR count). The Balaban J connectivity index is 1.92. The summed E-state index contributed by atoms with van der Waals surface area (Å²) in [6, 6.07) is 0. The number of amides is 2. The molecule has 0 aromatic rings. The fourth-order valence-electron chi connectivity index (χ4n) is 3.05. The molecular weight excluding hydrogens is 276 g/mol. The predicted molar refractivity (Wildman–Crippen MR) is 90.6 cm³/mol. The highest BCUT2D eigenvalue weighted by Crippen LogP contribution is 2.23. The summed E-state index contributed by atoms with van der Waals surface area (Å²) in [7, 11) is 0. The number of carbonyl (C=O) groups excluding carboxylic acids is 2. The summed E-state index contributed by atoms with van der Waals surface area (Å²) in [6.45, 7) is 3.31. The number of rotatable bonds is 11. The van der Waals surface area contributed by atoms with Gasteiger partial charge in [-0.3, -0.25) is 9.59 Å². The third kappa shape index (κ3) is 9.06. The van der Waals surface area contributed by atoms with E-state index < -0.39 is 0 Å². The highest BCUT2D eigenvalue weighted by molar-refractivity contribution is 5.79. The van der Waals surface area contributed by atoms with Crippen molar-refractivity contribution >= 4 is 11.8 Å². The fourth-order valence-corrected chi connectivity index (χ4v) is 3.05. The summed E-state index contributed by atoms with van der Waals surface area (Å²) in [5.41, 5.74) is 0. The Morgan fingerprint density at radius 2 is 1.50 bits per heavy atom. The first-order chi connectivity index (χ1) is 10.7. The van der Waals surface area contributed by atoms with Crippen LogP contribution in [-0.2, 0) is 9.59 Å². The lowest BCUT2D eigenvalue weighted by Crippen LogP contribution is -2.38. The van der Waals surface area contributed by atoms with Crippen molar-refractivity contribution in [2.24, 2.45) is 5.92 Å². The second-order valence-electron chi connectivity index (χ2n) is 6.49. The summed E-state index contributed by atoms with van der Waals surface area (Å²) in [6.07, 6.45) is 13.5. The molecule has 0 aliphatic heterocycles. The Labute approximate surface area is 135 Å². The summed E-state index contributed by atoms with van der Waals surface area (Å²) in [4.78, 5) is 23.6. The van der Waals surface area contributed by atoms with E-state index in [0.29, 0.717) is 19.5 Å².